The highest BCUT2D eigenvalue weighted by Crippen LogP contribution is 2.20. The maximum absolute atomic E-state index is 12.5. The van der Waals surface area contributed by atoms with Crippen LogP contribution in [0.15, 0.2) is 18.5 Å². The molecular weight excluding hydrogens is 316 g/mol. The van der Waals surface area contributed by atoms with Crippen LogP contribution in [0.3, 0.4) is 0 Å². The molecule has 25 heavy (non-hydrogen) atoms. The molecular formula is C19H30N4O2. The number of hydrogen-bond donors (Lipinski definition) is 1. The number of nitrogens with zero attached hydrogens (tertiary/aromatic N) is 3. The van der Waals surface area contributed by atoms with Gasteiger partial charge in [-0.05, 0) is 50.2 Å². The van der Waals surface area contributed by atoms with Gasteiger partial charge >= 0.3 is 6.03 Å². The standard InChI is InChI=1S/C19H30N4O2/c1-16-14-20-7-6-18(16)22-9-3-10-23(12-11-22)19(24)21-8-5-17-4-2-13-25-15-17/h6-7,14,17H,2-5,8-13,15H2,1H3,(H,21,24)/t17-/m0/s1. The van der Waals surface area contributed by atoms with Gasteiger partial charge in [0, 0.05) is 64.0 Å². The normalized spacial score (nSPS) is 21.7. The van der Waals surface area contributed by atoms with E-state index in [1.54, 1.807) is 0 Å². The number of carbonyl (C=O) groups is 1. The van der Waals surface area contributed by atoms with Gasteiger partial charge < -0.3 is 19.9 Å². The minimum Gasteiger partial charge on any atom is -0.381 e. The Labute approximate surface area is 150 Å². The smallest absolute Gasteiger partial charge is 0.317 e. The highest BCUT2D eigenvalue weighted by Gasteiger charge is 2.20. The lowest BCUT2D eigenvalue weighted by atomic mass is 9.99. The van der Waals surface area contributed by atoms with Gasteiger partial charge in [-0.3, -0.25) is 4.98 Å². The van der Waals surface area contributed by atoms with E-state index in [9.17, 15) is 4.79 Å². The van der Waals surface area contributed by atoms with Crippen molar-refractivity contribution in [3.63, 3.8) is 0 Å². The monoisotopic (exact) mass is 346 g/mol. The van der Waals surface area contributed by atoms with E-state index in [2.05, 4.69) is 28.2 Å². The van der Waals surface area contributed by atoms with E-state index in [0.29, 0.717) is 5.92 Å². The Morgan fingerprint density at radius 3 is 3.04 bits per heavy atom. The molecule has 138 valence electrons. The minimum absolute atomic E-state index is 0.0741. The van der Waals surface area contributed by atoms with Crippen molar-refractivity contribution in [3.8, 4) is 0 Å². The second-order valence-corrected chi connectivity index (χ2v) is 7.09. The molecule has 0 aliphatic carbocycles. The number of amides is 2. The molecule has 0 spiro atoms. The summed E-state index contributed by atoms with van der Waals surface area (Å²) in [6.45, 7) is 8.01. The van der Waals surface area contributed by atoms with Gasteiger partial charge in [0.15, 0.2) is 0 Å². The molecule has 6 heteroatoms. The van der Waals surface area contributed by atoms with Crippen LogP contribution in [0.5, 0.6) is 0 Å². The summed E-state index contributed by atoms with van der Waals surface area (Å²) in [5, 5.41) is 3.10. The van der Waals surface area contributed by atoms with Gasteiger partial charge in [-0.15, -0.1) is 0 Å². The lowest BCUT2D eigenvalue weighted by Gasteiger charge is -2.25. The summed E-state index contributed by atoms with van der Waals surface area (Å²) in [5.74, 6) is 0.600. The molecule has 1 atom stereocenters. The molecule has 2 fully saturated rings. The van der Waals surface area contributed by atoms with Gasteiger partial charge in [0.2, 0.25) is 0 Å². The Morgan fingerprint density at radius 1 is 1.32 bits per heavy atom. The molecule has 1 aromatic heterocycles. The fourth-order valence-electron chi connectivity index (χ4n) is 3.71. The molecule has 2 aliphatic heterocycles. The van der Waals surface area contributed by atoms with Crippen molar-refractivity contribution in [1.29, 1.82) is 0 Å². The summed E-state index contributed by atoms with van der Waals surface area (Å²) in [5.41, 5.74) is 2.42. The van der Waals surface area contributed by atoms with Gasteiger partial charge in [-0.25, -0.2) is 4.79 Å². The van der Waals surface area contributed by atoms with Crippen LogP contribution in [0.25, 0.3) is 0 Å². The molecule has 6 nitrogen and oxygen atoms in total. The van der Waals surface area contributed by atoms with E-state index >= 15 is 0 Å². The van der Waals surface area contributed by atoms with E-state index in [0.717, 1.165) is 65.2 Å². The van der Waals surface area contributed by atoms with Gasteiger partial charge in [0.25, 0.3) is 0 Å². The molecule has 2 amide bonds. The topological polar surface area (TPSA) is 57.7 Å². The van der Waals surface area contributed by atoms with Gasteiger partial charge in [-0.2, -0.15) is 0 Å². The number of carbonyl (C=O) groups excluding carboxylic acids is 1. The first-order valence-electron chi connectivity index (χ1n) is 9.50. The van der Waals surface area contributed by atoms with Crippen LogP contribution in [-0.4, -0.2) is 61.9 Å². The van der Waals surface area contributed by atoms with Crippen molar-refractivity contribution in [1.82, 2.24) is 15.2 Å². The predicted molar refractivity (Wildman–Crippen MR) is 98.9 cm³/mol. The Bertz CT molecular complexity index is 560. The quantitative estimate of drug-likeness (QED) is 0.910. The van der Waals surface area contributed by atoms with Crippen LogP contribution >= 0.6 is 0 Å². The molecule has 2 saturated heterocycles. The summed E-state index contributed by atoms with van der Waals surface area (Å²) >= 11 is 0. The Morgan fingerprint density at radius 2 is 2.24 bits per heavy atom. The molecule has 1 N–H and O–H groups in total. The average molecular weight is 346 g/mol. The number of urea groups is 1. The number of aryl methyl sites for hydroxylation is 1. The first-order valence-corrected chi connectivity index (χ1v) is 9.50. The zero-order valence-electron chi connectivity index (χ0n) is 15.2. The van der Waals surface area contributed by atoms with Crippen molar-refractivity contribution in [3.05, 3.63) is 24.0 Å². The maximum Gasteiger partial charge on any atom is 0.317 e. The SMILES string of the molecule is Cc1cnccc1N1CCCN(C(=O)NCC[C@@H]2CCCOC2)CC1. The van der Waals surface area contributed by atoms with Crippen molar-refractivity contribution < 1.29 is 9.53 Å². The zero-order chi connectivity index (χ0) is 17.5. The van der Waals surface area contributed by atoms with Crippen LogP contribution < -0.4 is 10.2 Å². The number of hydrogen-bond acceptors (Lipinski definition) is 4. The molecule has 0 aromatic carbocycles. The zero-order valence-corrected chi connectivity index (χ0v) is 15.2. The summed E-state index contributed by atoms with van der Waals surface area (Å²) < 4.78 is 5.50. The molecule has 1 aromatic rings. The number of ether oxygens (including phenoxy) is 1. The fourth-order valence-corrected chi connectivity index (χ4v) is 3.71. The molecule has 2 aliphatic rings. The Kier molecular flexibility index (Phi) is 6.50. The number of nitrogens with one attached hydrogen (secondary N) is 1. The van der Waals surface area contributed by atoms with Crippen LogP contribution in [0.1, 0.15) is 31.2 Å². The summed E-state index contributed by atoms with van der Waals surface area (Å²) in [6.07, 6.45) is 8.12. The van der Waals surface area contributed by atoms with Gasteiger partial charge in [-0.1, -0.05) is 0 Å². The lowest BCUT2D eigenvalue weighted by Crippen LogP contribution is -2.42. The highest BCUT2D eigenvalue weighted by molar-refractivity contribution is 5.74. The second-order valence-electron chi connectivity index (χ2n) is 7.09. The number of anilines is 1. The lowest BCUT2D eigenvalue weighted by molar-refractivity contribution is 0.0518. The predicted octanol–water partition coefficient (Wildman–Crippen LogP) is 2.43. The molecule has 3 rings (SSSR count). The van der Waals surface area contributed by atoms with Crippen molar-refractivity contribution in [2.24, 2.45) is 5.92 Å². The van der Waals surface area contributed by atoms with Crippen molar-refractivity contribution >= 4 is 11.7 Å². The summed E-state index contributed by atoms with van der Waals surface area (Å²) in [7, 11) is 0. The number of rotatable bonds is 4. The van der Waals surface area contributed by atoms with Crippen LogP contribution in [0.4, 0.5) is 10.5 Å². The molecule has 3 heterocycles. The summed E-state index contributed by atoms with van der Waals surface area (Å²) in [4.78, 5) is 20.9. The third-order valence-corrected chi connectivity index (χ3v) is 5.20. The van der Waals surface area contributed by atoms with E-state index in [4.69, 9.17) is 4.74 Å². The second kappa shape index (κ2) is 9.04. The van der Waals surface area contributed by atoms with E-state index in [1.807, 2.05) is 17.3 Å². The highest BCUT2D eigenvalue weighted by atomic mass is 16.5. The van der Waals surface area contributed by atoms with E-state index in [1.165, 1.54) is 17.7 Å². The largest absolute Gasteiger partial charge is 0.381 e. The van der Waals surface area contributed by atoms with E-state index in [-0.39, 0.29) is 6.03 Å². The first-order chi connectivity index (χ1) is 12.2. The van der Waals surface area contributed by atoms with Crippen molar-refractivity contribution in [2.45, 2.75) is 32.6 Å². The number of pyridine rings is 1. The first kappa shape index (κ1) is 18.0. The van der Waals surface area contributed by atoms with Gasteiger partial charge in [0.1, 0.15) is 0 Å². The van der Waals surface area contributed by atoms with E-state index < -0.39 is 0 Å². The van der Waals surface area contributed by atoms with Crippen LogP contribution in [-0.2, 0) is 4.74 Å². The van der Waals surface area contributed by atoms with Gasteiger partial charge in [0.05, 0.1) is 0 Å². The average Bonchev–Trinajstić information content (AvgIpc) is 2.89. The number of aromatic nitrogens is 1. The third kappa shape index (κ3) is 5.08. The Hall–Kier alpha value is -1.82. The van der Waals surface area contributed by atoms with Crippen molar-refractivity contribution in [2.75, 3.05) is 50.8 Å². The third-order valence-electron chi connectivity index (χ3n) is 5.20. The maximum atomic E-state index is 12.5. The fraction of sp³-hybridized carbons (Fsp3) is 0.684. The molecule has 0 radical (unpaired) electrons. The van der Waals surface area contributed by atoms with Crippen LogP contribution in [0.2, 0.25) is 0 Å². The Balaban J connectivity index is 1.44. The molecule has 0 saturated carbocycles. The minimum atomic E-state index is 0.0741. The molecule has 0 bridgehead atoms. The summed E-state index contributed by atoms with van der Waals surface area (Å²) in [6, 6.07) is 2.14. The molecule has 0 unspecified atom stereocenters. The van der Waals surface area contributed by atoms with Crippen LogP contribution in [0, 0.1) is 12.8 Å².